The first kappa shape index (κ1) is 16.2. The Morgan fingerprint density at radius 3 is 2.71 bits per heavy atom. The lowest BCUT2D eigenvalue weighted by molar-refractivity contribution is -0.119. The number of halogens is 1. The summed E-state index contributed by atoms with van der Waals surface area (Å²) in [6.45, 7) is 4.21. The summed E-state index contributed by atoms with van der Waals surface area (Å²) in [5.41, 5.74) is 1.94. The Kier molecular flexibility index (Phi) is 4.61. The molecule has 2 aromatic heterocycles. The van der Waals surface area contributed by atoms with Gasteiger partial charge in [-0.1, -0.05) is 23.7 Å². The van der Waals surface area contributed by atoms with Crippen molar-refractivity contribution in [1.82, 2.24) is 24.5 Å². The summed E-state index contributed by atoms with van der Waals surface area (Å²) in [4.78, 5) is 16.3. The van der Waals surface area contributed by atoms with Gasteiger partial charge in [-0.15, -0.1) is 0 Å². The summed E-state index contributed by atoms with van der Waals surface area (Å²) in [5, 5.41) is 12.0. The second kappa shape index (κ2) is 6.84. The molecule has 0 spiro atoms. The van der Waals surface area contributed by atoms with Crippen LogP contribution in [0.4, 0.5) is 5.82 Å². The number of amides is 1. The van der Waals surface area contributed by atoms with E-state index < -0.39 is 6.04 Å². The topological polar surface area (TPSA) is 77.6 Å². The number of aryl methyl sites for hydroxylation is 1. The van der Waals surface area contributed by atoms with E-state index >= 15 is 0 Å². The van der Waals surface area contributed by atoms with Crippen LogP contribution in [0.25, 0.3) is 0 Å². The van der Waals surface area contributed by atoms with E-state index in [9.17, 15) is 4.79 Å². The molecule has 8 heteroatoms. The van der Waals surface area contributed by atoms with Gasteiger partial charge in [0, 0.05) is 10.6 Å². The van der Waals surface area contributed by atoms with Gasteiger partial charge in [0.2, 0.25) is 5.91 Å². The van der Waals surface area contributed by atoms with E-state index in [1.165, 1.54) is 17.3 Å². The van der Waals surface area contributed by atoms with Gasteiger partial charge in [-0.3, -0.25) is 4.79 Å². The molecule has 1 amide bonds. The van der Waals surface area contributed by atoms with Crippen molar-refractivity contribution in [3.05, 3.63) is 59.3 Å². The third kappa shape index (κ3) is 3.46. The number of hydrogen-bond acceptors (Lipinski definition) is 4. The van der Waals surface area contributed by atoms with E-state index in [2.05, 4.69) is 20.5 Å². The zero-order valence-corrected chi connectivity index (χ0v) is 14.1. The van der Waals surface area contributed by atoms with Crippen molar-refractivity contribution in [3.63, 3.8) is 0 Å². The number of hydrogen-bond donors (Lipinski definition) is 1. The van der Waals surface area contributed by atoms with E-state index in [4.69, 9.17) is 11.6 Å². The maximum Gasteiger partial charge on any atom is 0.250 e. The third-order valence-corrected chi connectivity index (χ3v) is 3.97. The molecule has 2 heterocycles. The predicted octanol–water partition coefficient (Wildman–Crippen LogP) is 2.68. The highest BCUT2D eigenvalue weighted by Crippen LogP contribution is 2.18. The minimum atomic E-state index is -0.467. The summed E-state index contributed by atoms with van der Waals surface area (Å²) in [5.74, 6) is 0.489. The van der Waals surface area contributed by atoms with Gasteiger partial charge in [-0.2, -0.15) is 10.2 Å². The van der Waals surface area contributed by atoms with Crippen LogP contribution in [0.3, 0.4) is 0 Å². The molecule has 0 aliphatic carbocycles. The van der Waals surface area contributed by atoms with Gasteiger partial charge in [-0.25, -0.2) is 14.3 Å². The lowest BCUT2D eigenvalue weighted by Crippen LogP contribution is -2.26. The number of nitrogens with one attached hydrogen (secondary N) is 1. The fourth-order valence-electron chi connectivity index (χ4n) is 2.28. The molecule has 7 nitrogen and oxygen atoms in total. The molecule has 0 aliphatic rings. The monoisotopic (exact) mass is 344 g/mol. The summed E-state index contributed by atoms with van der Waals surface area (Å²) in [6.07, 6.45) is 4.65. The van der Waals surface area contributed by atoms with Gasteiger partial charge in [0.25, 0.3) is 0 Å². The fraction of sp³-hybridized carbons (Fsp3) is 0.250. The van der Waals surface area contributed by atoms with Crippen LogP contribution >= 0.6 is 11.6 Å². The van der Waals surface area contributed by atoms with Crippen molar-refractivity contribution in [1.29, 1.82) is 0 Å². The molecule has 0 radical (unpaired) electrons. The highest BCUT2D eigenvalue weighted by Gasteiger charge is 2.18. The minimum Gasteiger partial charge on any atom is -0.309 e. The quantitative estimate of drug-likeness (QED) is 0.772. The molecule has 1 unspecified atom stereocenters. The van der Waals surface area contributed by atoms with Crippen molar-refractivity contribution < 1.29 is 4.79 Å². The molecule has 1 N–H and O–H groups in total. The van der Waals surface area contributed by atoms with Crippen LogP contribution in [0.5, 0.6) is 0 Å². The zero-order valence-electron chi connectivity index (χ0n) is 13.3. The number of nitrogens with zero attached hydrogens (tertiary/aromatic N) is 5. The summed E-state index contributed by atoms with van der Waals surface area (Å²) in [7, 11) is 0. The van der Waals surface area contributed by atoms with Crippen LogP contribution in [-0.2, 0) is 11.3 Å². The average molecular weight is 345 g/mol. The Morgan fingerprint density at radius 1 is 1.29 bits per heavy atom. The van der Waals surface area contributed by atoms with Crippen molar-refractivity contribution in [2.45, 2.75) is 26.4 Å². The number of benzene rings is 1. The van der Waals surface area contributed by atoms with Crippen molar-refractivity contribution in [3.8, 4) is 0 Å². The van der Waals surface area contributed by atoms with Crippen molar-refractivity contribution >= 4 is 23.3 Å². The van der Waals surface area contributed by atoms with Crippen LogP contribution < -0.4 is 5.32 Å². The molecule has 0 fully saturated rings. The van der Waals surface area contributed by atoms with E-state index in [0.717, 1.165) is 11.1 Å². The molecular weight excluding hydrogens is 328 g/mol. The minimum absolute atomic E-state index is 0.179. The first-order valence-corrected chi connectivity index (χ1v) is 7.84. The predicted molar refractivity (Wildman–Crippen MR) is 90.9 cm³/mol. The average Bonchev–Trinajstić information content (AvgIpc) is 3.21. The Hall–Kier alpha value is -2.67. The number of rotatable bonds is 5. The van der Waals surface area contributed by atoms with E-state index in [-0.39, 0.29) is 5.91 Å². The maximum absolute atomic E-state index is 12.5. The summed E-state index contributed by atoms with van der Waals surface area (Å²) >= 11 is 5.91. The lowest BCUT2D eigenvalue weighted by atomic mass is 10.2. The lowest BCUT2D eigenvalue weighted by Gasteiger charge is -2.14. The van der Waals surface area contributed by atoms with Crippen molar-refractivity contribution in [2.75, 3.05) is 5.32 Å². The van der Waals surface area contributed by atoms with Crippen LogP contribution in [0, 0.1) is 6.92 Å². The van der Waals surface area contributed by atoms with Gasteiger partial charge in [0.15, 0.2) is 0 Å². The molecule has 0 saturated carbocycles. The Labute approximate surface area is 144 Å². The smallest absolute Gasteiger partial charge is 0.250 e. The molecule has 0 aliphatic heterocycles. The van der Waals surface area contributed by atoms with Gasteiger partial charge >= 0.3 is 0 Å². The highest BCUT2D eigenvalue weighted by molar-refractivity contribution is 6.30. The highest BCUT2D eigenvalue weighted by atomic mass is 35.5. The van der Waals surface area contributed by atoms with Crippen LogP contribution in [0.2, 0.25) is 5.02 Å². The van der Waals surface area contributed by atoms with Gasteiger partial charge in [-0.05, 0) is 31.5 Å². The largest absolute Gasteiger partial charge is 0.309 e. The zero-order chi connectivity index (χ0) is 17.1. The molecule has 1 aromatic carbocycles. The Bertz CT molecular complexity index is 825. The first-order valence-electron chi connectivity index (χ1n) is 7.46. The second-order valence-corrected chi connectivity index (χ2v) is 5.94. The number of carbonyl (C=O) groups is 1. The van der Waals surface area contributed by atoms with E-state index in [1.54, 1.807) is 17.8 Å². The van der Waals surface area contributed by atoms with Gasteiger partial charge in [0.05, 0.1) is 12.7 Å². The van der Waals surface area contributed by atoms with Crippen LogP contribution in [-0.4, -0.2) is 30.5 Å². The Balaban J connectivity index is 1.77. The SMILES string of the molecule is Cc1cnn(Cc2ccc(Cl)cc2)c1NC(=O)C(C)n1cncn1. The Morgan fingerprint density at radius 2 is 2.04 bits per heavy atom. The molecular formula is C16H17ClN6O. The normalized spacial score (nSPS) is 12.1. The molecule has 124 valence electrons. The van der Waals surface area contributed by atoms with Gasteiger partial charge < -0.3 is 5.32 Å². The summed E-state index contributed by atoms with van der Waals surface area (Å²) < 4.78 is 3.26. The molecule has 3 aromatic rings. The van der Waals surface area contributed by atoms with Gasteiger partial charge in [0.1, 0.15) is 24.5 Å². The second-order valence-electron chi connectivity index (χ2n) is 5.50. The first-order chi connectivity index (χ1) is 11.5. The molecule has 24 heavy (non-hydrogen) atoms. The molecule has 0 bridgehead atoms. The van der Waals surface area contributed by atoms with Crippen LogP contribution in [0.1, 0.15) is 24.1 Å². The molecule has 3 rings (SSSR count). The standard InChI is InChI=1S/C16H17ClN6O/c1-11-7-19-22(8-13-3-5-14(17)6-4-13)15(11)21-16(24)12(2)23-10-18-9-20-23/h3-7,9-10,12H,8H2,1-2H3,(H,21,24). The molecule has 1 atom stereocenters. The maximum atomic E-state index is 12.5. The van der Waals surface area contributed by atoms with E-state index in [0.29, 0.717) is 17.4 Å². The number of aromatic nitrogens is 5. The third-order valence-electron chi connectivity index (χ3n) is 3.72. The fourth-order valence-corrected chi connectivity index (χ4v) is 2.41. The molecule has 0 saturated heterocycles. The summed E-state index contributed by atoms with van der Waals surface area (Å²) in [6, 6.07) is 7.06. The number of anilines is 1. The van der Waals surface area contributed by atoms with Crippen molar-refractivity contribution in [2.24, 2.45) is 0 Å². The van der Waals surface area contributed by atoms with Crippen LogP contribution in [0.15, 0.2) is 43.1 Å². The van der Waals surface area contributed by atoms with E-state index in [1.807, 2.05) is 31.2 Å². The number of carbonyl (C=O) groups excluding carboxylic acids is 1.